The number of benzene rings is 3. The zero-order valence-electron chi connectivity index (χ0n) is 11.0. The Morgan fingerprint density at radius 1 is 0.636 bits per heavy atom. The first kappa shape index (κ1) is 14.6. The largest absolute Gasteiger partial charge is 0.413 e. The molecule has 3 aromatic carbocycles. The lowest BCUT2D eigenvalue weighted by Crippen LogP contribution is -2.02. The SMILES string of the molecule is O=C(Cl)Oc1c2ccccc2c(OC(=O)Cl)c2ccccc12. The number of carbonyl (C=O) groups is 2. The van der Waals surface area contributed by atoms with E-state index in [2.05, 4.69) is 0 Å². The van der Waals surface area contributed by atoms with E-state index < -0.39 is 10.9 Å². The number of hydrogen-bond acceptors (Lipinski definition) is 4. The molecular formula is C16H8Cl2O4. The van der Waals surface area contributed by atoms with Gasteiger partial charge in [-0.1, -0.05) is 48.5 Å². The summed E-state index contributed by atoms with van der Waals surface area (Å²) in [7, 11) is 0. The molecule has 0 N–H and O–H groups in total. The molecule has 110 valence electrons. The van der Waals surface area contributed by atoms with E-state index in [1.54, 1.807) is 48.5 Å². The summed E-state index contributed by atoms with van der Waals surface area (Å²) < 4.78 is 10.3. The molecule has 3 aromatic rings. The quantitative estimate of drug-likeness (QED) is 0.460. The second-order valence-electron chi connectivity index (χ2n) is 4.43. The summed E-state index contributed by atoms with van der Waals surface area (Å²) >= 11 is 10.7. The van der Waals surface area contributed by atoms with Crippen molar-refractivity contribution in [1.82, 2.24) is 0 Å². The molecule has 0 fully saturated rings. The van der Waals surface area contributed by atoms with Crippen LogP contribution >= 0.6 is 23.2 Å². The van der Waals surface area contributed by atoms with E-state index in [0.29, 0.717) is 33.0 Å². The van der Waals surface area contributed by atoms with Gasteiger partial charge < -0.3 is 9.47 Å². The highest BCUT2D eigenvalue weighted by molar-refractivity contribution is 6.62. The van der Waals surface area contributed by atoms with Crippen LogP contribution < -0.4 is 9.47 Å². The number of ether oxygens (including phenoxy) is 2. The summed E-state index contributed by atoms with van der Waals surface area (Å²) in [5.41, 5.74) is -1.89. The third kappa shape index (κ3) is 2.58. The maximum absolute atomic E-state index is 11.2. The Balaban J connectivity index is 2.47. The van der Waals surface area contributed by atoms with Gasteiger partial charge in [-0.3, -0.25) is 0 Å². The van der Waals surface area contributed by atoms with Crippen LogP contribution in [-0.2, 0) is 0 Å². The lowest BCUT2D eigenvalue weighted by molar-refractivity contribution is 0.225. The van der Waals surface area contributed by atoms with Crippen LogP contribution in [0, 0.1) is 0 Å². The maximum atomic E-state index is 11.2. The first-order valence-corrected chi connectivity index (χ1v) is 7.01. The minimum atomic E-state index is -0.947. The van der Waals surface area contributed by atoms with Gasteiger partial charge in [0.15, 0.2) is 0 Å². The molecule has 0 aliphatic rings. The third-order valence-corrected chi connectivity index (χ3v) is 3.35. The highest BCUT2D eigenvalue weighted by Gasteiger charge is 2.18. The van der Waals surface area contributed by atoms with Crippen molar-refractivity contribution in [3.05, 3.63) is 48.5 Å². The Morgan fingerprint density at radius 3 is 1.14 bits per heavy atom. The van der Waals surface area contributed by atoms with Gasteiger partial charge in [-0.05, 0) is 0 Å². The molecule has 4 nitrogen and oxygen atoms in total. The van der Waals surface area contributed by atoms with Crippen molar-refractivity contribution in [1.29, 1.82) is 0 Å². The summed E-state index contributed by atoms with van der Waals surface area (Å²) in [6.45, 7) is 0. The summed E-state index contributed by atoms with van der Waals surface area (Å²) in [6.07, 6.45) is 0. The van der Waals surface area contributed by atoms with Crippen molar-refractivity contribution >= 4 is 55.6 Å². The zero-order valence-corrected chi connectivity index (χ0v) is 12.5. The molecule has 0 bridgehead atoms. The first-order valence-electron chi connectivity index (χ1n) is 6.26. The summed E-state index contributed by atoms with van der Waals surface area (Å²) in [5, 5.41) is 2.34. The van der Waals surface area contributed by atoms with Crippen LogP contribution in [0.25, 0.3) is 21.5 Å². The molecule has 0 aromatic heterocycles. The van der Waals surface area contributed by atoms with Gasteiger partial charge >= 0.3 is 10.9 Å². The molecule has 0 spiro atoms. The Kier molecular flexibility index (Phi) is 3.88. The molecule has 3 rings (SSSR count). The minimum Gasteiger partial charge on any atom is -0.413 e. The number of hydrogen-bond donors (Lipinski definition) is 0. The first-order chi connectivity index (χ1) is 10.6. The van der Waals surface area contributed by atoms with E-state index in [9.17, 15) is 9.59 Å². The molecule has 6 heteroatoms. The molecule has 0 amide bonds. The molecule has 22 heavy (non-hydrogen) atoms. The van der Waals surface area contributed by atoms with E-state index in [0.717, 1.165) is 0 Å². The van der Waals surface area contributed by atoms with Crippen LogP contribution in [0.4, 0.5) is 9.59 Å². The smallest absolute Gasteiger partial charge is 0.409 e. The second-order valence-corrected chi connectivity index (χ2v) is 5.05. The van der Waals surface area contributed by atoms with Gasteiger partial charge in [0.05, 0.1) is 0 Å². The molecule has 0 heterocycles. The molecule has 0 saturated heterocycles. The minimum absolute atomic E-state index is 0.306. The predicted octanol–water partition coefficient (Wildman–Crippen LogP) is 5.47. The molecule has 0 atom stereocenters. The van der Waals surface area contributed by atoms with E-state index in [-0.39, 0.29) is 0 Å². The standard InChI is InChI=1S/C16H8Cl2O4/c17-15(19)21-13-9-5-1-2-6-10(9)14(22-16(18)20)12-8-4-3-7-11(12)13/h1-8H. The third-order valence-electron chi connectivity index (χ3n) is 3.20. The van der Waals surface area contributed by atoms with Crippen LogP contribution in [0.2, 0.25) is 0 Å². The second kappa shape index (κ2) is 5.83. The summed E-state index contributed by atoms with van der Waals surface area (Å²) in [6, 6.07) is 14.0. The van der Waals surface area contributed by atoms with Gasteiger partial charge in [0, 0.05) is 44.7 Å². The zero-order chi connectivity index (χ0) is 15.7. The maximum Gasteiger partial charge on any atom is 0.409 e. The van der Waals surface area contributed by atoms with Crippen LogP contribution in [0.1, 0.15) is 0 Å². The number of halogens is 2. The monoisotopic (exact) mass is 334 g/mol. The summed E-state index contributed by atoms with van der Waals surface area (Å²) in [4.78, 5) is 22.4. The molecular weight excluding hydrogens is 327 g/mol. The van der Waals surface area contributed by atoms with Crippen molar-refractivity contribution in [3.63, 3.8) is 0 Å². The predicted molar refractivity (Wildman–Crippen MR) is 85.2 cm³/mol. The van der Waals surface area contributed by atoms with Gasteiger partial charge in [0.25, 0.3) is 0 Å². The van der Waals surface area contributed by atoms with Gasteiger partial charge in [0.2, 0.25) is 0 Å². The van der Waals surface area contributed by atoms with Crippen LogP contribution in [0.15, 0.2) is 48.5 Å². The molecule has 0 unspecified atom stereocenters. The van der Waals surface area contributed by atoms with E-state index in [1.807, 2.05) is 0 Å². The highest BCUT2D eigenvalue weighted by Crippen LogP contribution is 2.43. The fourth-order valence-electron chi connectivity index (χ4n) is 2.43. The van der Waals surface area contributed by atoms with Crippen LogP contribution in [0.3, 0.4) is 0 Å². The lowest BCUT2D eigenvalue weighted by atomic mass is 10.0. The van der Waals surface area contributed by atoms with Crippen molar-refractivity contribution in [2.45, 2.75) is 0 Å². The molecule has 0 aliphatic carbocycles. The lowest BCUT2D eigenvalue weighted by Gasteiger charge is -2.14. The number of carbonyl (C=O) groups excluding carboxylic acids is 2. The van der Waals surface area contributed by atoms with Crippen molar-refractivity contribution in [3.8, 4) is 11.5 Å². The fraction of sp³-hybridized carbons (Fsp3) is 0. The van der Waals surface area contributed by atoms with E-state index in [4.69, 9.17) is 32.7 Å². The van der Waals surface area contributed by atoms with E-state index >= 15 is 0 Å². The Bertz CT molecular complexity index is 774. The van der Waals surface area contributed by atoms with Gasteiger partial charge in [0.1, 0.15) is 11.5 Å². The van der Waals surface area contributed by atoms with Crippen LogP contribution in [0.5, 0.6) is 11.5 Å². The average molecular weight is 335 g/mol. The number of fused-ring (bicyclic) bond motifs is 2. The van der Waals surface area contributed by atoms with Gasteiger partial charge in [-0.15, -0.1) is 0 Å². The van der Waals surface area contributed by atoms with Crippen molar-refractivity contribution in [2.24, 2.45) is 0 Å². The Morgan fingerprint density at radius 2 is 0.909 bits per heavy atom. The summed E-state index contributed by atoms with van der Waals surface area (Å²) in [5.74, 6) is 0.612. The van der Waals surface area contributed by atoms with Crippen molar-refractivity contribution < 1.29 is 19.1 Å². The van der Waals surface area contributed by atoms with Gasteiger partial charge in [-0.25, -0.2) is 9.59 Å². The Hall–Kier alpha value is -2.30. The topological polar surface area (TPSA) is 52.6 Å². The van der Waals surface area contributed by atoms with E-state index in [1.165, 1.54) is 0 Å². The fourth-order valence-corrected chi connectivity index (χ4v) is 2.58. The molecule has 0 saturated carbocycles. The average Bonchev–Trinajstić information content (AvgIpc) is 2.50. The van der Waals surface area contributed by atoms with Crippen LogP contribution in [-0.4, -0.2) is 10.9 Å². The molecule has 0 radical (unpaired) electrons. The van der Waals surface area contributed by atoms with Gasteiger partial charge in [-0.2, -0.15) is 0 Å². The van der Waals surface area contributed by atoms with Crippen molar-refractivity contribution in [2.75, 3.05) is 0 Å². The molecule has 0 aliphatic heterocycles. The highest BCUT2D eigenvalue weighted by atomic mass is 35.5. The normalized spacial score (nSPS) is 10.6. The number of rotatable bonds is 2. The Labute approximate surface area is 135 Å².